The van der Waals surface area contributed by atoms with E-state index in [1.807, 2.05) is 4.90 Å². The van der Waals surface area contributed by atoms with Crippen LogP contribution in [0.5, 0.6) is 0 Å². The number of nitrogens with one attached hydrogen (secondary N) is 1. The number of morpholine rings is 1. The molecule has 2 fully saturated rings. The average Bonchev–Trinajstić information content (AvgIpc) is 3.13. The van der Waals surface area contributed by atoms with Gasteiger partial charge in [0, 0.05) is 6.54 Å². The summed E-state index contributed by atoms with van der Waals surface area (Å²) in [7, 11) is 0. The lowest BCUT2D eigenvalue weighted by Crippen LogP contribution is -2.51. The Kier molecular flexibility index (Phi) is 4.18. The molecular weight excluding hydrogens is 204 g/mol. The van der Waals surface area contributed by atoms with Crippen LogP contribution in [0.15, 0.2) is 0 Å². The molecule has 1 saturated heterocycles. The van der Waals surface area contributed by atoms with Gasteiger partial charge in [0.2, 0.25) is 5.91 Å². The highest BCUT2D eigenvalue weighted by molar-refractivity contribution is 5.78. The van der Waals surface area contributed by atoms with Gasteiger partial charge in [-0.2, -0.15) is 0 Å². The molecule has 1 aliphatic heterocycles. The van der Waals surface area contributed by atoms with Crippen LogP contribution in [-0.2, 0) is 9.53 Å². The quantitative estimate of drug-likeness (QED) is 0.747. The minimum absolute atomic E-state index is 0.232. The number of hydrogen-bond acceptors (Lipinski definition) is 3. The van der Waals surface area contributed by atoms with Crippen LogP contribution < -0.4 is 5.32 Å². The molecule has 92 valence electrons. The Bertz CT molecular complexity index is 241. The van der Waals surface area contributed by atoms with E-state index < -0.39 is 0 Å². The lowest BCUT2D eigenvalue weighted by molar-refractivity contribution is -0.138. The third kappa shape index (κ3) is 3.19. The van der Waals surface area contributed by atoms with Crippen molar-refractivity contribution in [3.05, 3.63) is 0 Å². The molecule has 4 nitrogen and oxygen atoms in total. The van der Waals surface area contributed by atoms with Crippen molar-refractivity contribution in [2.75, 3.05) is 32.8 Å². The van der Waals surface area contributed by atoms with Crippen LogP contribution in [0.2, 0.25) is 0 Å². The van der Waals surface area contributed by atoms with Crippen molar-refractivity contribution in [1.82, 2.24) is 10.2 Å². The Hall–Kier alpha value is -0.610. The normalized spacial score (nSPS) is 25.8. The molecule has 0 radical (unpaired) electrons. The molecule has 1 N–H and O–H groups in total. The van der Waals surface area contributed by atoms with Gasteiger partial charge in [-0.15, -0.1) is 0 Å². The smallest absolute Gasteiger partial charge is 0.236 e. The average molecular weight is 226 g/mol. The molecule has 1 atom stereocenters. The molecule has 1 saturated carbocycles. The fraction of sp³-hybridized carbons (Fsp3) is 0.917. The topological polar surface area (TPSA) is 41.6 Å². The van der Waals surface area contributed by atoms with E-state index >= 15 is 0 Å². The van der Waals surface area contributed by atoms with Gasteiger partial charge in [0.25, 0.3) is 0 Å². The summed E-state index contributed by atoms with van der Waals surface area (Å²) < 4.78 is 5.39. The lowest BCUT2D eigenvalue weighted by Gasteiger charge is -2.35. The predicted molar refractivity (Wildman–Crippen MR) is 62.2 cm³/mol. The monoisotopic (exact) mass is 226 g/mol. The van der Waals surface area contributed by atoms with E-state index in [0.29, 0.717) is 19.8 Å². The molecule has 1 aliphatic carbocycles. The summed E-state index contributed by atoms with van der Waals surface area (Å²) in [6, 6.07) is 0.281. The molecule has 1 unspecified atom stereocenters. The first-order valence-electron chi connectivity index (χ1n) is 6.39. The van der Waals surface area contributed by atoms with Gasteiger partial charge in [0.1, 0.15) is 0 Å². The zero-order chi connectivity index (χ0) is 11.4. The number of nitrogens with zero attached hydrogens (tertiary/aromatic N) is 1. The molecule has 2 rings (SSSR count). The molecule has 16 heavy (non-hydrogen) atoms. The van der Waals surface area contributed by atoms with Crippen molar-refractivity contribution < 1.29 is 9.53 Å². The maximum absolute atomic E-state index is 12.0. The molecule has 1 heterocycles. The van der Waals surface area contributed by atoms with Gasteiger partial charge in [-0.1, -0.05) is 6.92 Å². The maximum atomic E-state index is 12.0. The highest BCUT2D eigenvalue weighted by Gasteiger charge is 2.26. The van der Waals surface area contributed by atoms with E-state index in [2.05, 4.69) is 12.2 Å². The van der Waals surface area contributed by atoms with Crippen molar-refractivity contribution >= 4 is 5.91 Å². The first-order chi connectivity index (χ1) is 7.81. The Morgan fingerprint density at radius 1 is 1.50 bits per heavy atom. The van der Waals surface area contributed by atoms with Crippen molar-refractivity contribution in [1.29, 1.82) is 0 Å². The number of ether oxygens (including phenoxy) is 1. The third-order valence-electron chi connectivity index (χ3n) is 3.43. The molecule has 1 amide bonds. The summed E-state index contributed by atoms with van der Waals surface area (Å²) in [5.74, 6) is 1.07. The molecular formula is C12H22N2O2. The number of amides is 1. The molecule has 0 aromatic heterocycles. The Morgan fingerprint density at radius 2 is 2.31 bits per heavy atom. The molecule has 2 aliphatic rings. The summed E-state index contributed by atoms with van der Waals surface area (Å²) in [5.41, 5.74) is 0. The van der Waals surface area contributed by atoms with Gasteiger partial charge < -0.3 is 15.0 Å². The second kappa shape index (κ2) is 5.64. The van der Waals surface area contributed by atoms with E-state index in [1.165, 1.54) is 12.8 Å². The van der Waals surface area contributed by atoms with Crippen LogP contribution in [0.3, 0.4) is 0 Å². The second-order valence-electron chi connectivity index (χ2n) is 4.80. The fourth-order valence-corrected chi connectivity index (χ4v) is 2.13. The van der Waals surface area contributed by atoms with Crippen LogP contribution in [0, 0.1) is 5.92 Å². The van der Waals surface area contributed by atoms with Gasteiger partial charge in [-0.3, -0.25) is 4.79 Å². The van der Waals surface area contributed by atoms with Crippen molar-refractivity contribution in [3.8, 4) is 0 Å². The van der Waals surface area contributed by atoms with Crippen LogP contribution in [-0.4, -0.2) is 49.7 Å². The van der Waals surface area contributed by atoms with E-state index in [9.17, 15) is 4.79 Å². The Balaban J connectivity index is 1.72. The van der Waals surface area contributed by atoms with Crippen molar-refractivity contribution in [2.24, 2.45) is 5.92 Å². The Morgan fingerprint density at radius 3 is 3.00 bits per heavy atom. The van der Waals surface area contributed by atoms with Crippen LogP contribution in [0.1, 0.15) is 26.2 Å². The third-order valence-corrected chi connectivity index (χ3v) is 3.43. The number of carbonyl (C=O) groups excluding carboxylic acids is 1. The summed E-state index contributed by atoms with van der Waals surface area (Å²) in [4.78, 5) is 14.0. The van der Waals surface area contributed by atoms with E-state index in [0.717, 1.165) is 25.4 Å². The van der Waals surface area contributed by atoms with E-state index in [1.54, 1.807) is 0 Å². The summed E-state index contributed by atoms with van der Waals surface area (Å²) in [5, 5.41) is 3.26. The van der Waals surface area contributed by atoms with Crippen LogP contribution in [0.25, 0.3) is 0 Å². The number of carbonyl (C=O) groups is 1. The number of rotatable bonds is 5. The van der Waals surface area contributed by atoms with Crippen molar-refractivity contribution in [2.45, 2.75) is 32.2 Å². The second-order valence-corrected chi connectivity index (χ2v) is 4.80. The zero-order valence-corrected chi connectivity index (χ0v) is 10.1. The summed E-state index contributed by atoms with van der Waals surface area (Å²) in [6.45, 7) is 5.75. The first-order valence-corrected chi connectivity index (χ1v) is 6.39. The molecule has 0 aromatic rings. The lowest BCUT2D eigenvalue weighted by atomic mass is 10.2. The maximum Gasteiger partial charge on any atom is 0.236 e. The SMILES string of the molecule is CCC1COCCN1C(=O)CNCC1CC1. The fourth-order valence-electron chi connectivity index (χ4n) is 2.13. The molecule has 0 aromatic carbocycles. The standard InChI is InChI=1S/C12H22N2O2/c1-2-11-9-16-6-5-14(11)12(15)8-13-7-10-3-4-10/h10-11,13H,2-9H2,1H3. The minimum Gasteiger partial charge on any atom is -0.377 e. The largest absolute Gasteiger partial charge is 0.377 e. The van der Waals surface area contributed by atoms with Crippen LogP contribution in [0.4, 0.5) is 0 Å². The van der Waals surface area contributed by atoms with Crippen LogP contribution >= 0.6 is 0 Å². The van der Waals surface area contributed by atoms with Gasteiger partial charge in [-0.05, 0) is 31.7 Å². The zero-order valence-electron chi connectivity index (χ0n) is 10.1. The summed E-state index contributed by atoms with van der Waals surface area (Å²) in [6.07, 6.45) is 3.64. The highest BCUT2D eigenvalue weighted by Crippen LogP contribution is 2.27. The first kappa shape index (κ1) is 11.9. The van der Waals surface area contributed by atoms with E-state index in [4.69, 9.17) is 4.74 Å². The van der Waals surface area contributed by atoms with Gasteiger partial charge >= 0.3 is 0 Å². The van der Waals surface area contributed by atoms with Gasteiger partial charge in [-0.25, -0.2) is 0 Å². The number of hydrogen-bond donors (Lipinski definition) is 1. The van der Waals surface area contributed by atoms with Crippen molar-refractivity contribution in [3.63, 3.8) is 0 Å². The van der Waals surface area contributed by atoms with E-state index in [-0.39, 0.29) is 11.9 Å². The van der Waals surface area contributed by atoms with Gasteiger partial charge in [0.05, 0.1) is 25.8 Å². The minimum atomic E-state index is 0.232. The molecule has 4 heteroatoms. The Labute approximate surface area is 97.3 Å². The molecule has 0 bridgehead atoms. The highest BCUT2D eigenvalue weighted by atomic mass is 16.5. The van der Waals surface area contributed by atoms with Gasteiger partial charge in [0.15, 0.2) is 0 Å². The molecule has 0 spiro atoms. The summed E-state index contributed by atoms with van der Waals surface area (Å²) >= 11 is 0. The predicted octanol–water partition coefficient (Wildman–Crippen LogP) is 0.623.